The van der Waals surface area contributed by atoms with Gasteiger partial charge >= 0.3 is 0 Å². The first-order chi connectivity index (χ1) is 11.3. The van der Waals surface area contributed by atoms with Gasteiger partial charge in [0, 0.05) is 5.56 Å². The van der Waals surface area contributed by atoms with Crippen molar-refractivity contribution in [1.82, 2.24) is 10.9 Å². The third kappa shape index (κ3) is 4.65. The lowest BCUT2D eigenvalue weighted by molar-refractivity contribution is -0.121. The Labute approximate surface area is 141 Å². The average Bonchev–Trinajstić information content (AvgIpc) is 2.54. The zero-order valence-corrected chi connectivity index (χ0v) is 14.0. The molecule has 0 aliphatic heterocycles. The summed E-state index contributed by atoms with van der Waals surface area (Å²) in [5.74, 6) is -1.35. The lowest BCUT2D eigenvalue weighted by Crippen LogP contribution is -2.42. The summed E-state index contributed by atoms with van der Waals surface area (Å²) < 4.78 is 13.5. The molecule has 0 fully saturated rings. The Balaban J connectivity index is 1.91. The van der Waals surface area contributed by atoms with Gasteiger partial charge in [-0.1, -0.05) is 51.1 Å². The molecule has 0 aliphatic carbocycles. The van der Waals surface area contributed by atoms with Gasteiger partial charge in [0.05, 0.1) is 6.42 Å². The van der Waals surface area contributed by atoms with Crippen molar-refractivity contribution in [3.8, 4) is 0 Å². The van der Waals surface area contributed by atoms with Crippen molar-refractivity contribution >= 4 is 11.8 Å². The number of carbonyl (C=O) groups excluding carboxylic acids is 2. The third-order valence-corrected chi connectivity index (χ3v) is 3.64. The predicted molar refractivity (Wildman–Crippen MR) is 90.9 cm³/mol. The van der Waals surface area contributed by atoms with Crippen LogP contribution in [0.25, 0.3) is 0 Å². The van der Waals surface area contributed by atoms with Crippen molar-refractivity contribution in [3.05, 3.63) is 71.0 Å². The number of benzene rings is 2. The van der Waals surface area contributed by atoms with Crippen LogP contribution in [0.5, 0.6) is 0 Å². The topological polar surface area (TPSA) is 58.2 Å². The van der Waals surface area contributed by atoms with E-state index in [-0.39, 0.29) is 17.4 Å². The molecule has 0 atom stereocenters. The van der Waals surface area contributed by atoms with Crippen LogP contribution in [0.1, 0.15) is 42.3 Å². The summed E-state index contributed by atoms with van der Waals surface area (Å²) in [5, 5.41) is 0. The van der Waals surface area contributed by atoms with Crippen LogP contribution < -0.4 is 10.9 Å². The maximum atomic E-state index is 13.5. The monoisotopic (exact) mass is 328 g/mol. The van der Waals surface area contributed by atoms with Crippen molar-refractivity contribution in [2.45, 2.75) is 32.6 Å². The van der Waals surface area contributed by atoms with Crippen LogP contribution in [0, 0.1) is 5.82 Å². The number of halogens is 1. The number of hydrogen-bond donors (Lipinski definition) is 2. The molecular formula is C19H21FN2O2. The molecule has 24 heavy (non-hydrogen) atoms. The highest BCUT2D eigenvalue weighted by Crippen LogP contribution is 2.22. The van der Waals surface area contributed by atoms with Gasteiger partial charge in [-0.15, -0.1) is 0 Å². The van der Waals surface area contributed by atoms with E-state index < -0.39 is 17.6 Å². The number of amides is 2. The minimum atomic E-state index is -0.486. The Morgan fingerprint density at radius 3 is 2.17 bits per heavy atom. The number of carbonyl (C=O) groups is 2. The van der Waals surface area contributed by atoms with Crippen LogP contribution in [0.2, 0.25) is 0 Å². The summed E-state index contributed by atoms with van der Waals surface area (Å²) in [6, 6.07) is 13.2. The molecule has 2 aromatic rings. The summed E-state index contributed by atoms with van der Waals surface area (Å²) in [6.07, 6.45) is -0.143. The fourth-order valence-electron chi connectivity index (χ4n) is 2.18. The molecule has 2 aromatic carbocycles. The SMILES string of the molecule is CC(C)(C)c1ccc(C(=O)NNC(=O)Cc2ccccc2F)cc1. The molecule has 0 spiro atoms. The highest BCUT2D eigenvalue weighted by Gasteiger charge is 2.14. The summed E-state index contributed by atoms with van der Waals surface area (Å²) in [4.78, 5) is 23.8. The highest BCUT2D eigenvalue weighted by molar-refractivity contribution is 5.95. The van der Waals surface area contributed by atoms with Gasteiger partial charge in [0.25, 0.3) is 5.91 Å². The number of nitrogens with one attached hydrogen (secondary N) is 2. The molecule has 0 saturated carbocycles. The lowest BCUT2D eigenvalue weighted by Gasteiger charge is -2.19. The molecule has 0 heterocycles. The van der Waals surface area contributed by atoms with E-state index in [0.29, 0.717) is 5.56 Å². The lowest BCUT2D eigenvalue weighted by atomic mass is 9.87. The Morgan fingerprint density at radius 1 is 0.958 bits per heavy atom. The van der Waals surface area contributed by atoms with E-state index in [4.69, 9.17) is 0 Å². The first kappa shape index (κ1) is 17.7. The molecule has 0 unspecified atom stereocenters. The van der Waals surface area contributed by atoms with E-state index in [1.807, 2.05) is 12.1 Å². The molecule has 126 valence electrons. The molecule has 2 rings (SSSR count). The minimum absolute atomic E-state index is 0.00296. The van der Waals surface area contributed by atoms with Crippen LogP contribution in [0.4, 0.5) is 4.39 Å². The zero-order chi connectivity index (χ0) is 17.7. The van der Waals surface area contributed by atoms with Crippen molar-refractivity contribution in [2.24, 2.45) is 0 Å². The average molecular weight is 328 g/mol. The van der Waals surface area contributed by atoms with Gasteiger partial charge < -0.3 is 0 Å². The smallest absolute Gasteiger partial charge is 0.269 e. The van der Waals surface area contributed by atoms with Crippen molar-refractivity contribution in [2.75, 3.05) is 0 Å². The van der Waals surface area contributed by atoms with Gasteiger partial charge in [-0.2, -0.15) is 0 Å². The number of hydrogen-bond acceptors (Lipinski definition) is 2. The molecule has 0 aliphatic rings. The second kappa shape index (κ2) is 7.25. The first-order valence-electron chi connectivity index (χ1n) is 7.70. The van der Waals surface area contributed by atoms with E-state index in [1.165, 1.54) is 12.1 Å². The Kier molecular flexibility index (Phi) is 5.34. The largest absolute Gasteiger partial charge is 0.273 e. The Hall–Kier alpha value is -2.69. The maximum absolute atomic E-state index is 13.5. The summed E-state index contributed by atoms with van der Waals surface area (Å²) >= 11 is 0. The second-order valence-corrected chi connectivity index (χ2v) is 6.60. The van der Waals surface area contributed by atoms with Gasteiger partial charge in [0.2, 0.25) is 5.91 Å². The first-order valence-corrected chi connectivity index (χ1v) is 7.70. The molecular weight excluding hydrogens is 307 g/mol. The normalized spacial score (nSPS) is 11.0. The number of rotatable bonds is 3. The van der Waals surface area contributed by atoms with Gasteiger partial charge in [-0.25, -0.2) is 4.39 Å². The highest BCUT2D eigenvalue weighted by atomic mass is 19.1. The quantitative estimate of drug-likeness (QED) is 0.851. The second-order valence-electron chi connectivity index (χ2n) is 6.60. The zero-order valence-electron chi connectivity index (χ0n) is 14.0. The van der Waals surface area contributed by atoms with E-state index in [0.717, 1.165) is 5.56 Å². The van der Waals surface area contributed by atoms with Gasteiger partial charge in [0.1, 0.15) is 5.82 Å². The van der Waals surface area contributed by atoms with Gasteiger partial charge in [-0.05, 0) is 34.7 Å². The Bertz CT molecular complexity index is 734. The van der Waals surface area contributed by atoms with Crippen LogP contribution >= 0.6 is 0 Å². The summed E-state index contributed by atoms with van der Waals surface area (Å²) in [6.45, 7) is 6.26. The van der Waals surface area contributed by atoms with Crippen LogP contribution in [-0.2, 0) is 16.6 Å². The van der Waals surface area contributed by atoms with E-state index in [2.05, 4.69) is 31.6 Å². The molecule has 0 radical (unpaired) electrons. The summed E-state index contributed by atoms with van der Waals surface area (Å²) in [7, 11) is 0. The van der Waals surface area contributed by atoms with Crippen molar-refractivity contribution in [1.29, 1.82) is 0 Å². The van der Waals surface area contributed by atoms with Crippen molar-refractivity contribution in [3.63, 3.8) is 0 Å². The van der Waals surface area contributed by atoms with Crippen LogP contribution in [0.3, 0.4) is 0 Å². The molecule has 0 bridgehead atoms. The van der Waals surface area contributed by atoms with Crippen LogP contribution in [0.15, 0.2) is 48.5 Å². The van der Waals surface area contributed by atoms with Crippen LogP contribution in [-0.4, -0.2) is 11.8 Å². The van der Waals surface area contributed by atoms with Crippen molar-refractivity contribution < 1.29 is 14.0 Å². The van der Waals surface area contributed by atoms with E-state index in [9.17, 15) is 14.0 Å². The van der Waals surface area contributed by atoms with E-state index in [1.54, 1.807) is 24.3 Å². The third-order valence-electron chi connectivity index (χ3n) is 3.64. The fourth-order valence-corrected chi connectivity index (χ4v) is 2.18. The number of hydrazine groups is 1. The minimum Gasteiger partial charge on any atom is -0.273 e. The summed E-state index contributed by atoms with van der Waals surface area (Å²) in [5.41, 5.74) is 6.46. The molecule has 0 aromatic heterocycles. The molecule has 2 amide bonds. The standard InChI is InChI=1S/C19H21FN2O2/c1-19(2,3)15-10-8-13(9-11-15)18(24)22-21-17(23)12-14-6-4-5-7-16(14)20/h4-11H,12H2,1-3H3,(H,21,23)(H,22,24). The Morgan fingerprint density at radius 2 is 1.58 bits per heavy atom. The predicted octanol–water partition coefficient (Wildman–Crippen LogP) is 3.13. The van der Waals surface area contributed by atoms with Gasteiger partial charge in [0.15, 0.2) is 0 Å². The fraction of sp³-hybridized carbons (Fsp3) is 0.263. The molecule has 5 heteroatoms. The molecule has 0 saturated heterocycles. The van der Waals surface area contributed by atoms with E-state index >= 15 is 0 Å². The maximum Gasteiger partial charge on any atom is 0.269 e. The van der Waals surface area contributed by atoms with Gasteiger partial charge in [-0.3, -0.25) is 20.4 Å². The molecule has 2 N–H and O–H groups in total. The molecule has 4 nitrogen and oxygen atoms in total.